The van der Waals surface area contributed by atoms with E-state index in [9.17, 15) is 8.42 Å². The second kappa shape index (κ2) is 6.52. The van der Waals surface area contributed by atoms with E-state index in [-0.39, 0.29) is 6.04 Å². The molecule has 2 aromatic rings. The Morgan fingerprint density at radius 3 is 2.91 bits per heavy atom. The van der Waals surface area contributed by atoms with Gasteiger partial charge >= 0.3 is 0 Å². The fourth-order valence-electron chi connectivity index (χ4n) is 2.88. The number of thiophene rings is 1. The molecule has 7 heteroatoms. The fraction of sp³-hybridized carbons (Fsp3) is 0.533. The molecular weight excluding hydrogens is 318 g/mol. The van der Waals surface area contributed by atoms with Crippen LogP contribution in [0.1, 0.15) is 39.0 Å². The van der Waals surface area contributed by atoms with Crippen LogP contribution in [0.15, 0.2) is 27.9 Å². The van der Waals surface area contributed by atoms with Gasteiger partial charge in [0.1, 0.15) is 4.21 Å². The van der Waals surface area contributed by atoms with E-state index in [4.69, 9.17) is 0 Å². The number of rotatable bonds is 6. The Kier molecular flexibility index (Phi) is 4.65. The van der Waals surface area contributed by atoms with Crippen LogP contribution >= 0.6 is 11.3 Å². The van der Waals surface area contributed by atoms with Crippen LogP contribution in [-0.2, 0) is 16.6 Å². The first kappa shape index (κ1) is 15.7. The van der Waals surface area contributed by atoms with Gasteiger partial charge in [-0.05, 0) is 31.4 Å². The zero-order valence-corrected chi connectivity index (χ0v) is 14.3. The van der Waals surface area contributed by atoms with Gasteiger partial charge in [0.05, 0.1) is 5.69 Å². The summed E-state index contributed by atoms with van der Waals surface area (Å²) in [5, 5.41) is 6.19. The molecule has 5 nitrogen and oxygen atoms in total. The van der Waals surface area contributed by atoms with Crippen molar-refractivity contribution in [2.75, 3.05) is 0 Å². The van der Waals surface area contributed by atoms with Gasteiger partial charge in [-0.1, -0.05) is 19.8 Å². The topological polar surface area (TPSA) is 64.0 Å². The van der Waals surface area contributed by atoms with Crippen molar-refractivity contribution in [3.63, 3.8) is 0 Å². The van der Waals surface area contributed by atoms with Gasteiger partial charge in [-0.15, -0.1) is 11.3 Å². The van der Waals surface area contributed by atoms with Crippen LogP contribution in [0.25, 0.3) is 11.3 Å². The molecule has 1 aliphatic rings. The molecule has 0 aromatic carbocycles. The molecule has 120 valence electrons. The number of hydrogen-bond donors (Lipinski definition) is 1. The quantitative estimate of drug-likeness (QED) is 0.879. The highest BCUT2D eigenvalue weighted by molar-refractivity contribution is 7.91. The maximum Gasteiger partial charge on any atom is 0.250 e. The number of nitrogens with one attached hydrogen (secondary N) is 1. The highest BCUT2D eigenvalue weighted by atomic mass is 32.2. The summed E-state index contributed by atoms with van der Waals surface area (Å²) in [5.74, 6) is 0. The van der Waals surface area contributed by atoms with E-state index in [1.54, 1.807) is 12.3 Å². The Balaban J connectivity index is 1.82. The predicted molar refractivity (Wildman–Crippen MR) is 88.4 cm³/mol. The Morgan fingerprint density at radius 2 is 2.18 bits per heavy atom. The molecule has 2 heterocycles. The van der Waals surface area contributed by atoms with Crippen molar-refractivity contribution >= 4 is 21.4 Å². The Labute approximate surface area is 135 Å². The van der Waals surface area contributed by atoms with E-state index in [1.165, 1.54) is 11.3 Å². The second-order valence-electron chi connectivity index (χ2n) is 5.70. The summed E-state index contributed by atoms with van der Waals surface area (Å²) < 4.78 is 30.1. The molecule has 2 aromatic heterocycles. The smallest absolute Gasteiger partial charge is 0.250 e. The largest absolute Gasteiger partial charge is 0.265 e. The zero-order chi connectivity index (χ0) is 15.6. The molecule has 1 aliphatic carbocycles. The van der Waals surface area contributed by atoms with Gasteiger partial charge in [0, 0.05) is 29.7 Å². The summed E-state index contributed by atoms with van der Waals surface area (Å²) >= 11 is 1.27. The van der Waals surface area contributed by atoms with Crippen molar-refractivity contribution in [3.8, 4) is 11.3 Å². The van der Waals surface area contributed by atoms with Gasteiger partial charge in [0.25, 0.3) is 0 Å². The number of sulfonamides is 1. The van der Waals surface area contributed by atoms with Gasteiger partial charge < -0.3 is 0 Å². The SMILES string of the molecule is CCCn1nccc1-c1csc(S(=O)(=O)NC2CCCC2)c1. The van der Waals surface area contributed by atoms with Crippen LogP contribution < -0.4 is 4.72 Å². The molecule has 0 spiro atoms. The van der Waals surface area contributed by atoms with Gasteiger partial charge in [0.15, 0.2) is 0 Å². The average Bonchev–Trinajstić information content (AvgIpc) is 3.18. The van der Waals surface area contributed by atoms with Crippen LogP contribution in [0.3, 0.4) is 0 Å². The first-order valence-corrected chi connectivity index (χ1v) is 10.1. The van der Waals surface area contributed by atoms with Crippen LogP contribution in [0.4, 0.5) is 0 Å². The zero-order valence-electron chi connectivity index (χ0n) is 12.7. The summed E-state index contributed by atoms with van der Waals surface area (Å²) in [6.45, 7) is 2.93. The standard InChI is InChI=1S/C15H21N3O2S2/c1-2-9-18-14(7-8-16-18)12-10-15(21-11-12)22(19,20)17-13-5-3-4-6-13/h7-8,10-11,13,17H,2-6,9H2,1H3. The van der Waals surface area contributed by atoms with Crippen molar-refractivity contribution < 1.29 is 8.42 Å². The monoisotopic (exact) mass is 339 g/mol. The molecule has 0 unspecified atom stereocenters. The van der Waals surface area contributed by atoms with Crippen molar-refractivity contribution in [2.24, 2.45) is 0 Å². The highest BCUT2D eigenvalue weighted by Gasteiger charge is 2.24. The van der Waals surface area contributed by atoms with Crippen molar-refractivity contribution in [2.45, 2.75) is 55.8 Å². The Hall–Kier alpha value is -1.18. The normalized spacial score (nSPS) is 16.4. The minimum absolute atomic E-state index is 0.0983. The molecule has 0 radical (unpaired) electrons. The number of aryl methyl sites for hydroxylation is 1. The lowest BCUT2D eigenvalue weighted by Gasteiger charge is -2.10. The molecule has 0 aliphatic heterocycles. The maximum atomic E-state index is 12.5. The Bertz CT molecular complexity index is 728. The van der Waals surface area contributed by atoms with Crippen molar-refractivity contribution in [1.82, 2.24) is 14.5 Å². The summed E-state index contributed by atoms with van der Waals surface area (Å²) in [6.07, 6.45) is 6.86. The molecule has 0 bridgehead atoms. The second-order valence-corrected chi connectivity index (χ2v) is 8.55. The molecule has 0 atom stereocenters. The van der Waals surface area contributed by atoms with Crippen LogP contribution in [0.5, 0.6) is 0 Å². The first-order chi connectivity index (χ1) is 10.6. The van der Waals surface area contributed by atoms with Crippen LogP contribution in [0.2, 0.25) is 0 Å². The first-order valence-electron chi connectivity index (χ1n) is 7.73. The average molecular weight is 339 g/mol. The molecule has 1 N–H and O–H groups in total. The minimum Gasteiger partial charge on any atom is -0.265 e. The summed E-state index contributed by atoms with van der Waals surface area (Å²) in [4.78, 5) is 0. The molecular formula is C15H21N3O2S2. The third kappa shape index (κ3) is 3.26. The van der Waals surface area contributed by atoms with Crippen LogP contribution in [-0.4, -0.2) is 24.2 Å². The predicted octanol–water partition coefficient (Wildman–Crippen LogP) is 3.24. The van der Waals surface area contributed by atoms with E-state index >= 15 is 0 Å². The summed E-state index contributed by atoms with van der Waals surface area (Å²) in [5.41, 5.74) is 1.89. The molecule has 0 saturated heterocycles. The van der Waals surface area contributed by atoms with E-state index in [0.29, 0.717) is 4.21 Å². The number of hydrogen-bond acceptors (Lipinski definition) is 4. The summed E-state index contributed by atoms with van der Waals surface area (Å²) in [7, 11) is -3.40. The fourth-order valence-corrected chi connectivity index (χ4v) is 5.38. The lowest BCUT2D eigenvalue weighted by molar-refractivity contribution is 0.554. The Morgan fingerprint density at radius 1 is 1.41 bits per heavy atom. The van der Waals surface area contributed by atoms with Crippen molar-refractivity contribution in [3.05, 3.63) is 23.7 Å². The molecule has 3 rings (SSSR count). The molecule has 0 amide bonds. The van der Waals surface area contributed by atoms with Crippen LogP contribution in [0, 0.1) is 0 Å². The minimum atomic E-state index is -3.40. The maximum absolute atomic E-state index is 12.5. The number of aromatic nitrogens is 2. The molecule has 1 saturated carbocycles. The molecule has 22 heavy (non-hydrogen) atoms. The highest BCUT2D eigenvalue weighted by Crippen LogP contribution is 2.29. The molecule has 1 fully saturated rings. The van der Waals surface area contributed by atoms with Gasteiger partial charge in [-0.25, -0.2) is 13.1 Å². The van der Waals surface area contributed by atoms with Gasteiger partial charge in [0.2, 0.25) is 10.0 Å². The van der Waals surface area contributed by atoms with E-state index in [1.807, 2.05) is 16.1 Å². The van der Waals surface area contributed by atoms with Crippen molar-refractivity contribution in [1.29, 1.82) is 0 Å². The van der Waals surface area contributed by atoms with E-state index in [2.05, 4.69) is 16.7 Å². The van der Waals surface area contributed by atoms with Gasteiger partial charge in [-0.2, -0.15) is 5.10 Å². The summed E-state index contributed by atoms with van der Waals surface area (Å²) in [6, 6.07) is 3.78. The van der Waals surface area contributed by atoms with Gasteiger partial charge in [-0.3, -0.25) is 4.68 Å². The van der Waals surface area contributed by atoms with E-state index in [0.717, 1.165) is 49.9 Å². The lowest BCUT2D eigenvalue weighted by Crippen LogP contribution is -2.32. The third-order valence-corrected chi connectivity index (χ3v) is 6.93. The number of nitrogens with zero attached hydrogens (tertiary/aromatic N) is 2. The third-order valence-electron chi connectivity index (χ3n) is 3.96. The van der Waals surface area contributed by atoms with E-state index < -0.39 is 10.0 Å². The lowest BCUT2D eigenvalue weighted by atomic mass is 10.2.